The van der Waals surface area contributed by atoms with Crippen LogP contribution in [0.1, 0.15) is 25.7 Å². The number of imidazole rings is 1. The third-order valence-electron chi connectivity index (χ3n) is 5.79. The zero-order valence-corrected chi connectivity index (χ0v) is 15.5. The lowest BCUT2D eigenvalue weighted by Crippen LogP contribution is -2.42. The predicted octanol–water partition coefficient (Wildman–Crippen LogP) is 2.14. The zero-order valence-electron chi connectivity index (χ0n) is 15.5. The van der Waals surface area contributed by atoms with Crippen molar-refractivity contribution in [2.75, 3.05) is 33.3 Å². The summed E-state index contributed by atoms with van der Waals surface area (Å²) in [4.78, 5) is 21.9. The molecule has 1 amide bonds. The van der Waals surface area contributed by atoms with Crippen LogP contribution >= 0.6 is 0 Å². The number of rotatable bonds is 6. The van der Waals surface area contributed by atoms with Gasteiger partial charge in [-0.15, -0.1) is 0 Å². The molecule has 0 radical (unpaired) electrons. The number of hydrogen-bond donors (Lipinski definition) is 0. The molecule has 6 heteroatoms. The molecule has 6 nitrogen and oxygen atoms in total. The van der Waals surface area contributed by atoms with Crippen LogP contribution in [0.5, 0.6) is 0 Å². The quantitative estimate of drug-likeness (QED) is 0.796. The molecule has 1 aromatic heterocycles. The summed E-state index contributed by atoms with van der Waals surface area (Å²) in [5.74, 6) is 0.228. The maximum atomic E-state index is 12.9. The monoisotopic (exact) mass is 356 g/mol. The summed E-state index contributed by atoms with van der Waals surface area (Å²) in [5.41, 5.74) is 2.07. The minimum Gasteiger partial charge on any atom is -0.380 e. The van der Waals surface area contributed by atoms with Gasteiger partial charge in [0.25, 0.3) is 0 Å². The van der Waals surface area contributed by atoms with E-state index in [1.54, 1.807) is 7.11 Å². The number of aromatic nitrogens is 2. The minimum atomic E-state index is 0.167. The lowest BCUT2D eigenvalue weighted by Gasteiger charge is -2.28. The second kappa shape index (κ2) is 7.76. The van der Waals surface area contributed by atoms with Gasteiger partial charge in [0.05, 0.1) is 23.5 Å². The van der Waals surface area contributed by atoms with Gasteiger partial charge in [0, 0.05) is 39.2 Å². The summed E-state index contributed by atoms with van der Waals surface area (Å²) in [5, 5.41) is 0. The van der Waals surface area contributed by atoms with Crippen molar-refractivity contribution >= 4 is 16.9 Å². The smallest absolute Gasteiger partial charge is 0.224 e. The topological polar surface area (TPSA) is 50.6 Å². The summed E-state index contributed by atoms with van der Waals surface area (Å²) in [6.45, 7) is 4.70. The molecule has 0 saturated carbocycles. The van der Waals surface area contributed by atoms with E-state index in [0.29, 0.717) is 13.0 Å². The number of aryl methyl sites for hydroxylation is 1. The average Bonchev–Trinajstić information content (AvgIpc) is 3.40. The fraction of sp³-hybridized carbons (Fsp3) is 0.600. The lowest BCUT2D eigenvalue weighted by molar-refractivity contribution is -0.132. The molecule has 0 N–H and O–H groups in total. The maximum absolute atomic E-state index is 12.9. The van der Waals surface area contributed by atoms with Crippen molar-refractivity contribution in [3.05, 3.63) is 30.6 Å². The van der Waals surface area contributed by atoms with Crippen molar-refractivity contribution in [1.82, 2.24) is 19.4 Å². The third-order valence-corrected chi connectivity index (χ3v) is 5.79. The van der Waals surface area contributed by atoms with Crippen LogP contribution in [0.15, 0.2) is 30.6 Å². The Morgan fingerprint density at radius 2 is 2.08 bits per heavy atom. The molecule has 1 aromatic carbocycles. The standard InChI is InChI=1S/C20H28N4O2/c1-26-17-12-16(13-22-9-4-5-10-22)24(14-17)20(25)8-11-23-15-21-18-6-2-3-7-19(18)23/h2-3,6-7,15-17H,4-5,8-14H2,1H3/t16-,17-/m0/s1. The van der Waals surface area contributed by atoms with Crippen LogP contribution in [-0.4, -0.2) is 70.7 Å². The van der Waals surface area contributed by atoms with Gasteiger partial charge in [-0.25, -0.2) is 4.98 Å². The molecule has 3 heterocycles. The van der Waals surface area contributed by atoms with E-state index in [1.807, 2.05) is 24.5 Å². The minimum absolute atomic E-state index is 0.167. The predicted molar refractivity (Wildman–Crippen MR) is 101 cm³/mol. The molecule has 2 aromatic rings. The van der Waals surface area contributed by atoms with Crippen molar-refractivity contribution in [3.8, 4) is 0 Å². The highest BCUT2D eigenvalue weighted by Crippen LogP contribution is 2.24. The molecule has 0 aliphatic carbocycles. The normalized spacial score (nSPS) is 24.0. The number of benzene rings is 1. The Morgan fingerprint density at radius 1 is 1.27 bits per heavy atom. The maximum Gasteiger partial charge on any atom is 0.224 e. The van der Waals surface area contributed by atoms with E-state index < -0.39 is 0 Å². The van der Waals surface area contributed by atoms with Crippen LogP contribution in [0.4, 0.5) is 0 Å². The van der Waals surface area contributed by atoms with E-state index in [-0.39, 0.29) is 18.1 Å². The molecule has 4 rings (SSSR count). The van der Waals surface area contributed by atoms with E-state index in [2.05, 4.69) is 25.4 Å². The van der Waals surface area contributed by atoms with Gasteiger partial charge in [0.1, 0.15) is 0 Å². The molecule has 2 aliphatic heterocycles. The van der Waals surface area contributed by atoms with Gasteiger partial charge in [-0.05, 0) is 44.5 Å². The first-order valence-electron chi connectivity index (χ1n) is 9.69. The molecule has 0 bridgehead atoms. The van der Waals surface area contributed by atoms with Gasteiger partial charge in [-0.2, -0.15) is 0 Å². The van der Waals surface area contributed by atoms with E-state index >= 15 is 0 Å². The molecule has 2 aliphatic rings. The number of fused-ring (bicyclic) bond motifs is 1. The first-order valence-corrected chi connectivity index (χ1v) is 9.69. The third kappa shape index (κ3) is 3.62. The van der Waals surface area contributed by atoms with Crippen LogP contribution < -0.4 is 0 Å². The number of carbonyl (C=O) groups excluding carboxylic acids is 1. The van der Waals surface area contributed by atoms with Crippen molar-refractivity contribution in [2.24, 2.45) is 0 Å². The molecule has 2 saturated heterocycles. The summed E-state index contributed by atoms with van der Waals surface area (Å²) in [6.07, 6.45) is 6.02. The highest BCUT2D eigenvalue weighted by atomic mass is 16.5. The van der Waals surface area contributed by atoms with Crippen LogP contribution in [0.25, 0.3) is 11.0 Å². The van der Waals surface area contributed by atoms with Gasteiger partial charge < -0.3 is 19.1 Å². The summed E-state index contributed by atoms with van der Waals surface area (Å²) >= 11 is 0. The van der Waals surface area contributed by atoms with Gasteiger partial charge in [0.15, 0.2) is 0 Å². The number of hydrogen-bond acceptors (Lipinski definition) is 4. The molecule has 26 heavy (non-hydrogen) atoms. The first-order chi connectivity index (χ1) is 12.7. The second-order valence-electron chi connectivity index (χ2n) is 7.48. The number of carbonyl (C=O) groups is 1. The van der Waals surface area contributed by atoms with Crippen molar-refractivity contribution in [3.63, 3.8) is 0 Å². The number of nitrogens with zero attached hydrogens (tertiary/aromatic N) is 4. The molecular weight excluding hydrogens is 328 g/mol. The number of amides is 1. The largest absolute Gasteiger partial charge is 0.380 e. The Balaban J connectivity index is 1.40. The van der Waals surface area contributed by atoms with Crippen molar-refractivity contribution in [2.45, 2.75) is 44.4 Å². The van der Waals surface area contributed by atoms with Crippen molar-refractivity contribution < 1.29 is 9.53 Å². The lowest BCUT2D eigenvalue weighted by atomic mass is 10.2. The van der Waals surface area contributed by atoms with Gasteiger partial charge in [-0.1, -0.05) is 12.1 Å². The zero-order chi connectivity index (χ0) is 17.9. The Bertz CT molecular complexity index is 753. The highest BCUT2D eigenvalue weighted by molar-refractivity contribution is 5.78. The molecule has 2 fully saturated rings. The van der Waals surface area contributed by atoms with Crippen LogP contribution in [-0.2, 0) is 16.1 Å². The Kier molecular flexibility index (Phi) is 5.22. The SMILES string of the molecule is CO[C@H]1C[C@@H](CN2CCCC2)N(C(=O)CCn2cnc3ccccc32)C1. The van der Waals surface area contributed by atoms with Gasteiger partial charge in [-0.3, -0.25) is 4.79 Å². The number of para-hydroxylation sites is 2. The Hall–Kier alpha value is -1.92. The van der Waals surface area contributed by atoms with Crippen LogP contribution in [0, 0.1) is 0 Å². The Labute approximate surface area is 154 Å². The first kappa shape index (κ1) is 17.5. The Morgan fingerprint density at radius 3 is 2.88 bits per heavy atom. The van der Waals surface area contributed by atoms with Gasteiger partial charge >= 0.3 is 0 Å². The molecule has 2 atom stereocenters. The fourth-order valence-electron chi connectivity index (χ4n) is 4.33. The highest BCUT2D eigenvalue weighted by Gasteiger charge is 2.36. The van der Waals surface area contributed by atoms with E-state index in [1.165, 1.54) is 12.8 Å². The summed E-state index contributed by atoms with van der Waals surface area (Å²) in [6, 6.07) is 8.34. The van der Waals surface area contributed by atoms with E-state index in [9.17, 15) is 4.79 Å². The summed E-state index contributed by atoms with van der Waals surface area (Å²) < 4.78 is 7.64. The fourth-order valence-corrected chi connectivity index (χ4v) is 4.33. The molecular formula is C20H28N4O2. The average molecular weight is 356 g/mol. The van der Waals surface area contributed by atoms with Crippen LogP contribution in [0.3, 0.4) is 0 Å². The van der Waals surface area contributed by atoms with Crippen molar-refractivity contribution in [1.29, 1.82) is 0 Å². The number of methoxy groups -OCH3 is 1. The van der Waals surface area contributed by atoms with Gasteiger partial charge in [0.2, 0.25) is 5.91 Å². The number of likely N-dealkylation sites (tertiary alicyclic amines) is 2. The van der Waals surface area contributed by atoms with E-state index in [4.69, 9.17) is 4.74 Å². The number of ether oxygens (including phenoxy) is 1. The molecule has 140 valence electrons. The van der Waals surface area contributed by atoms with E-state index in [0.717, 1.165) is 43.6 Å². The molecule has 0 spiro atoms. The summed E-state index contributed by atoms with van der Waals surface area (Å²) in [7, 11) is 1.75. The second-order valence-corrected chi connectivity index (χ2v) is 7.48. The molecule has 0 unspecified atom stereocenters. The van der Waals surface area contributed by atoms with Crippen LogP contribution in [0.2, 0.25) is 0 Å².